The van der Waals surface area contributed by atoms with Gasteiger partial charge in [-0.05, 0) is 49.9 Å². The first-order valence-electron chi connectivity index (χ1n) is 6.34. The van der Waals surface area contributed by atoms with Crippen molar-refractivity contribution in [1.29, 1.82) is 0 Å². The lowest BCUT2D eigenvalue weighted by atomic mass is 10.1. The zero-order valence-electron chi connectivity index (χ0n) is 10.9. The zero-order valence-corrected chi connectivity index (χ0v) is 13.3. The quantitative estimate of drug-likeness (QED) is 0.910. The van der Waals surface area contributed by atoms with Crippen LogP contribution in [-0.4, -0.2) is 26.9 Å². The minimum Gasteiger partial charge on any atom is -0.377 e. The molecule has 0 spiro atoms. The highest BCUT2D eigenvalue weighted by Gasteiger charge is 2.22. The average molecular weight is 348 g/mol. The van der Waals surface area contributed by atoms with Gasteiger partial charge in [0.05, 0.1) is 17.5 Å². The van der Waals surface area contributed by atoms with Crippen molar-refractivity contribution in [2.24, 2.45) is 0 Å². The van der Waals surface area contributed by atoms with E-state index in [1.165, 1.54) is 0 Å². The molecule has 106 valence electrons. The van der Waals surface area contributed by atoms with Gasteiger partial charge in [-0.2, -0.15) is 0 Å². The van der Waals surface area contributed by atoms with E-state index in [4.69, 9.17) is 4.74 Å². The van der Waals surface area contributed by atoms with Crippen molar-refractivity contribution >= 4 is 31.6 Å². The molecule has 0 saturated carbocycles. The number of rotatable bonds is 4. The van der Waals surface area contributed by atoms with Gasteiger partial charge in [0, 0.05) is 11.1 Å². The fraction of sp³-hybridized carbons (Fsp3) is 0.538. The van der Waals surface area contributed by atoms with Crippen molar-refractivity contribution in [1.82, 2.24) is 0 Å². The van der Waals surface area contributed by atoms with Crippen LogP contribution in [0.2, 0.25) is 0 Å². The van der Waals surface area contributed by atoms with Crippen LogP contribution < -0.4 is 4.72 Å². The highest BCUT2D eigenvalue weighted by atomic mass is 79.9. The molecule has 0 unspecified atom stereocenters. The number of sulfonamides is 1. The fourth-order valence-electron chi connectivity index (χ4n) is 2.13. The van der Waals surface area contributed by atoms with Gasteiger partial charge in [0.15, 0.2) is 0 Å². The average Bonchev–Trinajstić information content (AvgIpc) is 2.33. The smallest absolute Gasteiger partial charge is 0.235 e. The molecule has 0 radical (unpaired) electrons. The number of benzene rings is 1. The van der Waals surface area contributed by atoms with Gasteiger partial charge >= 0.3 is 0 Å². The summed E-state index contributed by atoms with van der Waals surface area (Å²) < 4.78 is 33.2. The van der Waals surface area contributed by atoms with Crippen LogP contribution >= 0.6 is 15.9 Å². The third-order valence-corrected chi connectivity index (χ3v) is 4.97. The van der Waals surface area contributed by atoms with E-state index in [9.17, 15) is 8.42 Å². The maximum atomic E-state index is 12.1. The molecule has 1 aromatic rings. The van der Waals surface area contributed by atoms with Crippen LogP contribution in [0.5, 0.6) is 0 Å². The molecule has 1 heterocycles. The van der Waals surface area contributed by atoms with E-state index in [2.05, 4.69) is 20.7 Å². The molecule has 2 rings (SSSR count). The first-order valence-corrected chi connectivity index (χ1v) is 8.79. The van der Waals surface area contributed by atoms with E-state index in [-0.39, 0.29) is 11.9 Å². The summed E-state index contributed by atoms with van der Waals surface area (Å²) >= 11 is 3.36. The van der Waals surface area contributed by atoms with Gasteiger partial charge in [-0.1, -0.05) is 15.9 Å². The van der Waals surface area contributed by atoms with E-state index in [1.54, 1.807) is 6.07 Å². The molecule has 0 bridgehead atoms. The van der Waals surface area contributed by atoms with Crippen LogP contribution in [0.4, 0.5) is 5.69 Å². The molecule has 1 saturated heterocycles. The molecular formula is C13H18BrNO3S. The van der Waals surface area contributed by atoms with Gasteiger partial charge in [-0.25, -0.2) is 8.42 Å². The van der Waals surface area contributed by atoms with Crippen molar-refractivity contribution in [3.63, 3.8) is 0 Å². The number of aryl methyl sites for hydroxylation is 1. The zero-order chi connectivity index (χ0) is 13.9. The summed E-state index contributed by atoms with van der Waals surface area (Å²) in [5.41, 5.74) is 1.52. The third kappa shape index (κ3) is 4.47. The summed E-state index contributed by atoms with van der Waals surface area (Å²) in [5, 5.41) is 0. The Labute approximate surface area is 122 Å². The maximum Gasteiger partial charge on any atom is 0.235 e. The predicted molar refractivity (Wildman–Crippen MR) is 79.9 cm³/mol. The summed E-state index contributed by atoms with van der Waals surface area (Å²) in [7, 11) is -3.36. The predicted octanol–water partition coefficient (Wildman–Crippen LogP) is 3.07. The van der Waals surface area contributed by atoms with Crippen molar-refractivity contribution in [2.75, 3.05) is 17.1 Å². The van der Waals surface area contributed by atoms with Gasteiger partial charge in [-0.3, -0.25) is 4.72 Å². The fourth-order valence-corrected chi connectivity index (χ4v) is 4.01. The molecule has 1 atom stereocenters. The Balaban J connectivity index is 2.03. The minimum atomic E-state index is -3.36. The number of anilines is 1. The van der Waals surface area contributed by atoms with E-state index in [0.717, 1.165) is 29.3 Å². The van der Waals surface area contributed by atoms with E-state index in [1.807, 2.05) is 19.1 Å². The van der Waals surface area contributed by atoms with Crippen LogP contribution in [0.15, 0.2) is 22.7 Å². The SMILES string of the molecule is Cc1cc(Br)ccc1NS(=O)(=O)C[C@H]1CCCCO1. The Kier molecular flexibility index (Phi) is 4.86. The molecule has 1 aliphatic rings. The molecule has 1 N–H and O–H groups in total. The molecule has 19 heavy (non-hydrogen) atoms. The van der Waals surface area contributed by atoms with Crippen molar-refractivity contribution in [3.05, 3.63) is 28.2 Å². The van der Waals surface area contributed by atoms with Gasteiger partial charge in [0.1, 0.15) is 0 Å². The maximum absolute atomic E-state index is 12.1. The monoisotopic (exact) mass is 347 g/mol. The van der Waals surface area contributed by atoms with Gasteiger partial charge in [0.25, 0.3) is 0 Å². The lowest BCUT2D eigenvalue weighted by Crippen LogP contribution is -2.31. The molecule has 1 aromatic carbocycles. The Morgan fingerprint density at radius 3 is 2.84 bits per heavy atom. The van der Waals surface area contributed by atoms with Crippen molar-refractivity contribution < 1.29 is 13.2 Å². The van der Waals surface area contributed by atoms with Gasteiger partial charge in [-0.15, -0.1) is 0 Å². The van der Waals surface area contributed by atoms with Crippen molar-refractivity contribution in [3.8, 4) is 0 Å². The molecule has 1 aliphatic heterocycles. The second kappa shape index (κ2) is 6.24. The van der Waals surface area contributed by atoms with Gasteiger partial charge < -0.3 is 4.74 Å². The molecule has 6 heteroatoms. The lowest BCUT2D eigenvalue weighted by molar-refractivity contribution is 0.0306. The molecule has 0 aromatic heterocycles. The normalized spacial score (nSPS) is 20.2. The number of ether oxygens (including phenoxy) is 1. The lowest BCUT2D eigenvalue weighted by Gasteiger charge is -2.22. The Morgan fingerprint density at radius 2 is 2.21 bits per heavy atom. The molecule has 0 amide bonds. The minimum absolute atomic E-state index is 0.0303. The second-order valence-electron chi connectivity index (χ2n) is 4.83. The van der Waals surface area contributed by atoms with E-state index < -0.39 is 10.0 Å². The Morgan fingerprint density at radius 1 is 1.42 bits per heavy atom. The summed E-state index contributed by atoms with van der Waals surface area (Å²) in [6, 6.07) is 5.47. The Bertz CT molecular complexity index is 539. The highest BCUT2D eigenvalue weighted by Crippen LogP contribution is 2.22. The van der Waals surface area contributed by atoms with Crippen LogP contribution in [0, 0.1) is 6.92 Å². The molecule has 0 aliphatic carbocycles. The summed E-state index contributed by atoms with van der Waals surface area (Å²) in [6.45, 7) is 2.54. The molecule has 4 nitrogen and oxygen atoms in total. The topological polar surface area (TPSA) is 55.4 Å². The van der Waals surface area contributed by atoms with E-state index in [0.29, 0.717) is 12.3 Å². The van der Waals surface area contributed by atoms with Crippen LogP contribution in [0.1, 0.15) is 24.8 Å². The summed E-state index contributed by atoms with van der Waals surface area (Å²) in [6.07, 6.45) is 2.70. The standard InChI is InChI=1S/C13H18BrNO3S/c1-10-8-11(14)5-6-13(10)15-19(16,17)9-12-4-2-3-7-18-12/h5-6,8,12,15H,2-4,7,9H2,1H3/t12-/m1/s1. The summed E-state index contributed by atoms with van der Waals surface area (Å²) in [4.78, 5) is 0. The Hall–Kier alpha value is -0.590. The number of hydrogen-bond acceptors (Lipinski definition) is 3. The third-order valence-electron chi connectivity index (χ3n) is 3.13. The summed E-state index contributed by atoms with van der Waals surface area (Å²) in [5.74, 6) is 0.0303. The number of halogens is 1. The van der Waals surface area contributed by atoms with E-state index >= 15 is 0 Å². The largest absolute Gasteiger partial charge is 0.377 e. The first kappa shape index (κ1) is 14.8. The first-order chi connectivity index (χ1) is 8.96. The van der Waals surface area contributed by atoms with Crippen LogP contribution in [0.25, 0.3) is 0 Å². The molecular weight excluding hydrogens is 330 g/mol. The van der Waals surface area contributed by atoms with Crippen molar-refractivity contribution in [2.45, 2.75) is 32.3 Å². The number of nitrogens with one attached hydrogen (secondary N) is 1. The highest BCUT2D eigenvalue weighted by molar-refractivity contribution is 9.10. The number of hydrogen-bond donors (Lipinski definition) is 1. The van der Waals surface area contributed by atoms with Gasteiger partial charge in [0.2, 0.25) is 10.0 Å². The van der Waals surface area contributed by atoms with Crippen LogP contribution in [-0.2, 0) is 14.8 Å². The second-order valence-corrected chi connectivity index (χ2v) is 7.51. The van der Waals surface area contributed by atoms with Crippen LogP contribution in [0.3, 0.4) is 0 Å². The molecule has 1 fully saturated rings.